The van der Waals surface area contributed by atoms with E-state index in [0.717, 1.165) is 0 Å². The second kappa shape index (κ2) is 6.34. The molecule has 0 aliphatic carbocycles. The standard InChI is InChI=1S/C16H23N3O3/c1-10(2)9-18-5-6-19(12(4)15(18)21)16(22)14-8-13(20)7-11(3)17-14/h7-8,10,12H,5-6,9H2,1-4H3,(H,17,20)/t12-/m1/s1. The largest absolute Gasteiger partial charge is 0.354 e. The smallest absolute Gasteiger partial charge is 0.271 e. The summed E-state index contributed by atoms with van der Waals surface area (Å²) in [6, 6.07) is 2.21. The average molecular weight is 305 g/mol. The molecule has 2 heterocycles. The van der Waals surface area contributed by atoms with E-state index in [9.17, 15) is 14.4 Å². The minimum absolute atomic E-state index is 0.0386. The molecule has 2 amide bonds. The van der Waals surface area contributed by atoms with Crippen LogP contribution in [0.15, 0.2) is 16.9 Å². The van der Waals surface area contributed by atoms with Gasteiger partial charge in [0.25, 0.3) is 5.91 Å². The predicted octanol–water partition coefficient (Wildman–Crippen LogP) is 1.01. The van der Waals surface area contributed by atoms with Gasteiger partial charge in [-0.2, -0.15) is 0 Å². The third-order valence-corrected chi connectivity index (χ3v) is 3.80. The van der Waals surface area contributed by atoms with E-state index in [1.165, 1.54) is 17.0 Å². The lowest BCUT2D eigenvalue weighted by Gasteiger charge is -2.39. The second-order valence-corrected chi connectivity index (χ2v) is 6.27. The summed E-state index contributed by atoms with van der Waals surface area (Å²) in [6.45, 7) is 9.30. The fourth-order valence-corrected chi connectivity index (χ4v) is 2.78. The Hall–Kier alpha value is -2.11. The minimum Gasteiger partial charge on any atom is -0.354 e. The van der Waals surface area contributed by atoms with Gasteiger partial charge in [-0.15, -0.1) is 0 Å². The van der Waals surface area contributed by atoms with Crippen molar-refractivity contribution < 1.29 is 9.59 Å². The van der Waals surface area contributed by atoms with Gasteiger partial charge in [-0.3, -0.25) is 14.4 Å². The SMILES string of the molecule is Cc1cc(=O)cc(C(=O)N2CCN(CC(C)C)C(=O)[C@H]2C)[nH]1. The Morgan fingerprint density at radius 1 is 1.32 bits per heavy atom. The van der Waals surface area contributed by atoms with Gasteiger partial charge in [-0.05, 0) is 19.8 Å². The van der Waals surface area contributed by atoms with Crippen molar-refractivity contribution in [3.05, 3.63) is 33.7 Å². The molecule has 0 saturated carbocycles. The normalized spacial score (nSPS) is 19.0. The van der Waals surface area contributed by atoms with Crippen molar-refractivity contribution in [2.24, 2.45) is 5.92 Å². The van der Waals surface area contributed by atoms with Gasteiger partial charge in [0.1, 0.15) is 11.7 Å². The molecule has 0 radical (unpaired) electrons. The maximum Gasteiger partial charge on any atom is 0.271 e. The number of hydrogen-bond donors (Lipinski definition) is 1. The molecule has 1 aromatic heterocycles. The van der Waals surface area contributed by atoms with Gasteiger partial charge in [-0.25, -0.2) is 0 Å². The molecule has 6 nitrogen and oxygen atoms in total. The number of amides is 2. The maximum absolute atomic E-state index is 12.6. The summed E-state index contributed by atoms with van der Waals surface area (Å²) in [6.07, 6.45) is 0. The number of aromatic amines is 1. The summed E-state index contributed by atoms with van der Waals surface area (Å²) < 4.78 is 0. The molecule has 1 aromatic rings. The number of nitrogens with one attached hydrogen (secondary N) is 1. The minimum atomic E-state index is -0.510. The lowest BCUT2D eigenvalue weighted by Crippen LogP contribution is -2.58. The topological polar surface area (TPSA) is 73.5 Å². The first kappa shape index (κ1) is 16.3. The molecule has 22 heavy (non-hydrogen) atoms. The van der Waals surface area contributed by atoms with Gasteiger partial charge in [0.2, 0.25) is 5.91 Å². The van der Waals surface area contributed by atoms with Crippen molar-refractivity contribution in [3.8, 4) is 0 Å². The number of carbonyl (C=O) groups excluding carboxylic acids is 2. The number of aryl methyl sites for hydroxylation is 1. The van der Waals surface area contributed by atoms with E-state index in [1.807, 2.05) is 0 Å². The summed E-state index contributed by atoms with van der Waals surface area (Å²) in [4.78, 5) is 42.8. The summed E-state index contributed by atoms with van der Waals surface area (Å²) in [5.41, 5.74) is 0.659. The van der Waals surface area contributed by atoms with E-state index in [0.29, 0.717) is 31.2 Å². The monoisotopic (exact) mass is 305 g/mol. The van der Waals surface area contributed by atoms with Crippen LogP contribution in [0, 0.1) is 12.8 Å². The van der Waals surface area contributed by atoms with Gasteiger partial charge in [0, 0.05) is 37.5 Å². The molecule has 1 aliphatic rings. The molecular formula is C16H23N3O3. The van der Waals surface area contributed by atoms with Crippen LogP contribution in [0.5, 0.6) is 0 Å². The second-order valence-electron chi connectivity index (χ2n) is 6.27. The van der Waals surface area contributed by atoms with Gasteiger partial charge < -0.3 is 14.8 Å². The zero-order chi connectivity index (χ0) is 16.4. The molecule has 120 valence electrons. The highest BCUT2D eigenvalue weighted by Gasteiger charge is 2.35. The molecule has 1 N–H and O–H groups in total. The molecule has 2 rings (SSSR count). The third-order valence-electron chi connectivity index (χ3n) is 3.80. The van der Waals surface area contributed by atoms with Crippen LogP contribution in [0.2, 0.25) is 0 Å². The zero-order valence-corrected chi connectivity index (χ0v) is 13.5. The number of H-pyrrole nitrogens is 1. The summed E-state index contributed by atoms with van der Waals surface area (Å²) >= 11 is 0. The zero-order valence-electron chi connectivity index (χ0n) is 13.5. The molecule has 1 aliphatic heterocycles. The molecule has 1 atom stereocenters. The molecule has 6 heteroatoms. The first-order valence-corrected chi connectivity index (χ1v) is 7.60. The first-order chi connectivity index (χ1) is 10.3. The van der Waals surface area contributed by atoms with E-state index in [2.05, 4.69) is 18.8 Å². The summed E-state index contributed by atoms with van der Waals surface area (Å²) in [5.74, 6) is 0.0562. The van der Waals surface area contributed by atoms with Crippen molar-refractivity contribution in [2.75, 3.05) is 19.6 Å². The molecule has 1 saturated heterocycles. The van der Waals surface area contributed by atoms with Crippen LogP contribution >= 0.6 is 0 Å². The number of hydrogen-bond acceptors (Lipinski definition) is 3. The predicted molar refractivity (Wildman–Crippen MR) is 83.7 cm³/mol. The Balaban J connectivity index is 2.18. The van der Waals surface area contributed by atoms with Gasteiger partial charge in [0.15, 0.2) is 5.43 Å². The number of aromatic nitrogens is 1. The summed E-state index contributed by atoms with van der Waals surface area (Å²) in [5, 5.41) is 0. The van der Waals surface area contributed by atoms with E-state index in [-0.39, 0.29) is 22.9 Å². The molecule has 0 spiro atoms. The van der Waals surface area contributed by atoms with E-state index in [4.69, 9.17) is 0 Å². The molecule has 0 aromatic carbocycles. The lowest BCUT2D eigenvalue weighted by atomic mass is 10.1. The van der Waals surface area contributed by atoms with Crippen LogP contribution in [-0.4, -0.2) is 52.3 Å². The van der Waals surface area contributed by atoms with Gasteiger partial charge in [-0.1, -0.05) is 13.8 Å². The number of rotatable bonds is 3. The van der Waals surface area contributed by atoms with E-state index in [1.54, 1.807) is 18.7 Å². The summed E-state index contributed by atoms with van der Waals surface area (Å²) in [7, 11) is 0. The first-order valence-electron chi connectivity index (χ1n) is 7.60. The van der Waals surface area contributed by atoms with Crippen molar-refractivity contribution in [1.82, 2.24) is 14.8 Å². The van der Waals surface area contributed by atoms with Crippen LogP contribution in [-0.2, 0) is 4.79 Å². The molecule has 1 fully saturated rings. The van der Waals surface area contributed by atoms with E-state index < -0.39 is 6.04 Å². The Morgan fingerprint density at radius 3 is 2.59 bits per heavy atom. The van der Waals surface area contributed by atoms with E-state index >= 15 is 0 Å². The number of piperazine rings is 1. The van der Waals surface area contributed by atoms with Crippen LogP contribution in [0.3, 0.4) is 0 Å². The van der Waals surface area contributed by atoms with Crippen LogP contribution < -0.4 is 5.43 Å². The average Bonchev–Trinajstić information content (AvgIpc) is 2.42. The third kappa shape index (κ3) is 3.37. The number of pyridine rings is 1. The Labute approximate surface area is 130 Å². The van der Waals surface area contributed by atoms with Crippen molar-refractivity contribution in [1.29, 1.82) is 0 Å². The van der Waals surface area contributed by atoms with Crippen LogP contribution in [0.25, 0.3) is 0 Å². The molecule has 0 bridgehead atoms. The van der Waals surface area contributed by atoms with Crippen LogP contribution in [0.1, 0.15) is 37.0 Å². The van der Waals surface area contributed by atoms with Crippen molar-refractivity contribution in [3.63, 3.8) is 0 Å². The van der Waals surface area contributed by atoms with Gasteiger partial charge >= 0.3 is 0 Å². The Bertz CT molecular complexity index is 636. The maximum atomic E-state index is 12.6. The number of carbonyl (C=O) groups is 2. The fraction of sp³-hybridized carbons (Fsp3) is 0.562. The highest BCUT2D eigenvalue weighted by Crippen LogP contribution is 2.15. The Kier molecular flexibility index (Phi) is 4.68. The molecule has 0 unspecified atom stereocenters. The van der Waals surface area contributed by atoms with Crippen LogP contribution in [0.4, 0.5) is 0 Å². The van der Waals surface area contributed by atoms with Crippen molar-refractivity contribution in [2.45, 2.75) is 33.7 Å². The highest BCUT2D eigenvalue weighted by atomic mass is 16.2. The quantitative estimate of drug-likeness (QED) is 0.906. The molecular weight excluding hydrogens is 282 g/mol. The highest BCUT2D eigenvalue weighted by molar-refractivity contribution is 5.96. The van der Waals surface area contributed by atoms with Crippen molar-refractivity contribution >= 4 is 11.8 Å². The fourth-order valence-electron chi connectivity index (χ4n) is 2.78. The Morgan fingerprint density at radius 2 is 2.00 bits per heavy atom. The number of nitrogens with zero attached hydrogens (tertiary/aromatic N) is 2. The van der Waals surface area contributed by atoms with Gasteiger partial charge in [0.05, 0.1) is 0 Å². The lowest BCUT2D eigenvalue weighted by molar-refractivity contribution is -0.140.